The number of carbonyl (C=O) groups is 1. The fourth-order valence-corrected chi connectivity index (χ4v) is 1.90. The van der Waals surface area contributed by atoms with E-state index in [1.54, 1.807) is 13.2 Å². The zero-order valence-corrected chi connectivity index (χ0v) is 8.82. The van der Waals surface area contributed by atoms with Crippen LogP contribution in [0, 0.1) is 0 Å². The van der Waals surface area contributed by atoms with Crippen molar-refractivity contribution in [3.8, 4) is 5.75 Å². The Kier molecular flexibility index (Phi) is 2.58. The van der Waals surface area contributed by atoms with Gasteiger partial charge in [0.25, 0.3) is 0 Å². The lowest BCUT2D eigenvalue weighted by molar-refractivity contribution is -0.125. The predicted octanol–water partition coefficient (Wildman–Crippen LogP) is 2.78. The van der Waals surface area contributed by atoms with Crippen molar-refractivity contribution in [2.45, 2.75) is 18.8 Å². The van der Waals surface area contributed by atoms with Crippen LogP contribution in [0.1, 0.15) is 29.9 Å². The van der Waals surface area contributed by atoms with Crippen molar-refractivity contribution >= 4 is 11.9 Å². The van der Waals surface area contributed by atoms with Crippen molar-refractivity contribution in [1.29, 1.82) is 0 Å². The molecule has 0 radical (unpaired) electrons. The summed E-state index contributed by atoms with van der Waals surface area (Å²) in [6.07, 6.45) is 3.45. The van der Waals surface area contributed by atoms with E-state index in [0.717, 1.165) is 23.3 Å². The number of Topliss-reactive ketones (excluding diaryl/α,β-unsaturated/α-hetero) is 1. The second-order valence-electron chi connectivity index (χ2n) is 3.76. The average Bonchev–Trinajstić information content (AvgIpc) is 2.27. The Balaban J connectivity index is 2.41. The summed E-state index contributed by atoms with van der Waals surface area (Å²) in [4.78, 5) is 11.4. The van der Waals surface area contributed by atoms with Crippen molar-refractivity contribution < 1.29 is 9.53 Å². The first kappa shape index (κ1) is 9.97. The van der Waals surface area contributed by atoms with Gasteiger partial charge in [-0.15, -0.1) is 0 Å². The number of benzene rings is 1. The van der Waals surface area contributed by atoms with E-state index >= 15 is 0 Å². The SMILES string of the molecule is C=Cc1ccc(OC)cc1C1CCC1=O. The highest BCUT2D eigenvalue weighted by atomic mass is 16.5. The van der Waals surface area contributed by atoms with Gasteiger partial charge in [0.1, 0.15) is 11.5 Å². The third kappa shape index (κ3) is 1.67. The van der Waals surface area contributed by atoms with Crippen molar-refractivity contribution in [2.75, 3.05) is 7.11 Å². The lowest BCUT2D eigenvalue weighted by Crippen LogP contribution is -2.23. The van der Waals surface area contributed by atoms with Crippen LogP contribution in [-0.4, -0.2) is 12.9 Å². The first-order chi connectivity index (χ1) is 7.26. The summed E-state index contributed by atoms with van der Waals surface area (Å²) in [6.45, 7) is 3.76. The molecular formula is C13H14O2. The number of hydrogen-bond acceptors (Lipinski definition) is 2. The topological polar surface area (TPSA) is 26.3 Å². The molecule has 1 unspecified atom stereocenters. The van der Waals surface area contributed by atoms with E-state index in [1.807, 2.05) is 18.2 Å². The molecule has 0 amide bonds. The van der Waals surface area contributed by atoms with Crippen LogP contribution in [0.4, 0.5) is 0 Å². The second-order valence-corrected chi connectivity index (χ2v) is 3.76. The number of ether oxygens (including phenoxy) is 1. The summed E-state index contributed by atoms with van der Waals surface area (Å²) in [6, 6.07) is 5.79. The molecule has 0 aliphatic heterocycles. The molecule has 78 valence electrons. The Morgan fingerprint density at radius 3 is 2.80 bits per heavy atom. The molecule has 2 nitrogen and oxygen atoms in total. The largest absolute Gasteiger partial charge is 0.497 e. The normalized spacial score (nSPS) is 19.5. The number of ketones is 1. The predicted molar refractivity (Wildman–Crippen MR) is 60.1 cm³/mol. The molecule has 1 aromatic rings. The van der Waals surface area contributed by atoms with Crippen molar-refractivity contribution in [3.05, 3.63) is 35.9 Å². The maximum absolute atomic E-state index is 11.4. The van der Waals surface area contributed by atoms with E-state index in [1.165, 1.54) is 0 Å². The standard InChI is InChI=1S/C13H14O2/c1-3-9-4-5-10(15-2)8-12(9)11-6-7-13(11)14/h3-5,8,11H,1,6-7H2,2H3. The second kappa shape index (κ2) is 3.89. The van der Waals surface area contributed by atoms with E-state index in [-0.39, 0.29) is 5.92 Å². The monoisotopic (exact) mass is 202 g/mol. The number of carbonyl (C=O) groups excluding carboxylic acids is 1. The van der Waals surface area contributed by atoms with E-state index < -0.39 is 0 Å². The molecule has 1 atom stereocenters. The molecule has 0 bridgehead atoms. The van der Waals surface area contributed by atoms with Crippen molar-refractivity contribution in [2.24, 2.45) is 0 Å². The molecule has 1 aromatic carbocycles. The Bertz CT molecular complexity index is 407. The fourth-order valence-electron chi connectivity index (χ4n) is 1.90. The van der Waals surface area contributed by atoms with Gasteiger partial charge in [-0.3, -0.25) is 4.79 Å². The highest BCUT2D eigenvalue weighted by Crippen LogP contribution is 2.36. The molecular weight excluding hydrogens is 188 g/mol. The molecule has 15 heavy (non-hydrogen) atoms. The molecule has 0 heterocycles. The highest BCUT2D eigenvalue weighted by Gasteiger charge is 2.30. The summed E-state index contributed by atoms with van der Waals surface area (Å²) >= 11 is 0. The van der Waals surface area contributed by atoms with Crippen LogP contribution < -0.4 is 4.74 Å². The molecule has 1 aliphatic carbocycles. The first-order valence-corrected chi connectivity index (χ1v) is 5.09. The van der Waals surface area contributed by atoms with Gasteiger partial charge in [-0.05, 0) is 29.7 Å². The van der Waals surface area contributed by atoms with Gasteiger partial charge in [0.15, 0.2) is 0 Å². The third-order valence-corrected chi connectivity index (χ3v) is 2.96. The Hall–Kier alpha value is -1.57. The van der Waals surface area contributed by atoms with Crippen LogP contribution in [0.25, 0.3) is 6.08 Å². The summed E-state index contributed by atoms with van der Waals surface area (Å²) < 4.78 is 5.16. The van der Waals surface area contributed by atoms with Gasteiger partial charge in [-0.2, -0.15) is 0 Å². The van der Waals surface area contributed by atoms with Crippen LogP contribution in [0.15, 0.2) is 24.8 Å². The lowest BCUT2D eigenvalue weighted by atomic mass is 9.77. The smallest absolute Gasteiger partial charge is 0.140 e. The van der Waals surface area contributed by atoms with Crippen LogP contribution in [0.3, 0.4) is 0 Å². The summed E-state index contributed by atoms with van der Waals surface area (Å²) in [5.74, 6) is 1.19. The van der Waals surface area contributed by atoms with Crippen LogP contribution in [0.5, 0.6) is 5.75 Å². The highest BCUT2D eigenvalue weighted by molar-refractivity contribution is 5.92. The maximum Gasteiger partial charge on any atom is 0.140 e. The Morgan fingerprint density at radius 2 is 2.33 bits per heavy atom. The number of rotatable bonds is 3. The van der Waals surface area contributed by atoms with Gasteiger partial charge in [0.05, 0.1) is 7.11 Å². The molecule has 0 aromatic heterocycles. The summed E-state index contributed by atoms with van der Waals surface area (Å²) in [7, 11) is 1.63. The van der Waals surface area contributed by atoms with Gasteiger partial charge in [0, 0.05) is 12.3 Å². The molecule has 1 fully saturated rings. The summed E-state index contributed by atoms with van der Waals surface area (Å²) in [5, 5.41) is 0. The van der Waals surface area contributed by atoms with E-state index in [0.29, 0.717) is 12.2 Å². The zero-order valence-electron chi connectivity index (χ0n) is 8.82. The fraction of sp³-hybridized carbons (Fsp3) is 0.308. The number of methoxy groups -OCH3 is 1. The Labute approximate surface area is 89.6 Å². The van der Waals surface area contributed by atoms with Crippen molar-refractivity contribution in [1.82, 2.24) is 0 Å². The van der Waals surface area contributed by atoms with Crippen LogP contribution in [-0.2, 0) is 4.79 Å². The number of hydrogen-bond donors (Lipinski definition) is 0. The first-order valence-electron chi connectivity index (χ1n) is 5.09. The zero-order chi connectivity index (χ0) is 10.8. The molecule has 0 saturated heterocycles. The summed E-state index contributed by atoms with van der Waals surface area (Å²) in [5.41, 5.74) is 2.09. The van der Waals surface area contributed by atoms with Gasteiger partial charge in [0.2, 0.25) is 0 Å². The molecule has 2 rings (SSSR count). The Morgan fingerprint density at radius 1 is 1.53 bits per heavy atom. The van der Waals surface area contributed by atoms with Gasteiger partial charge < -0.3 is 4.74 Å². The van der Waals surface area contributed by atoms with E-state index in [9.17, 15) is 4.79 Å². The lowest BCUT2D eigenvalue weighted by Gasteiger charge is -2.26. The van der Waals surface area contributed by atoms with Gasteiger partial charge >= 0.3 is 0 Å². The molecule has 0 spiro atoms. The molecule has 1 saturated carbocycles. The molecule has 0 N–H and O–H groups in total. The van der Waals surface area contributed by atoms with Crippen LogP contribution >= 0.6 is 0 Å². The molecule has 2 heteroatoms. The average molecular weight is 202 g/mol. The van der Waals surface area contributed by atoms with E-state index in [4.69, 9.17) is 4.74 Å². The minimum absolute atomic E-state index is 0.0631. The maximum atomic E-state index is 11.4. The molecule has 1 aliphatic rings. The van der Waals surface area contributed by atoms with Crippen molar-refractivity contribution in [3.63, 3.8) is 0 Å². The van der Waals surface area contributed by atoms with Crippen LogP contribution in [0.2, 0.25) is 0 Å². The minimum Gasteiger partial charge on any atom is -0.497 e. The van der Waals surface area contributed by atoms with Gasteiger partial charge in [-0.1, -0.05) is 18.7 Å². The quantitative estimate of drug-likeness (QED) is 0.753. The van der Waals surface area contributed by atoms with E-state index in [2.05, 4.69) is 6.58 Å². The third-order valence-electron chi connectivity index (χ3n) is 2.96. The minimum atomic E-state index is 0.0631. The van der Waals surface area contributed by atoms with Gasteiger partial charge in [-0.25, -0.2) is 0 Å².